The fourth-order valence-electron chi connectivity index (χ4n) is 2.47. The number of carboxylic acid groups (broad SMARTS) is 1. The molecule has 2 aromatic carbocycles. The van der Waals surface area contributed by atoms with E-state index >= 15 is 0 Å². The molecule has 146 valence electrons. The molecule has 0 unspecified atom stereocenters. The Morgan fingerprint density at radius 1 is 1.26 bits per heavy atom. The van der Waals surface area contributed by atoms with Crippen LogP contribution in [0.1, 0.15) is 22.8 Å². The molecule has 0 bridgehead atoms. The molecule has 0 saturated carbocycles. The van der Waals surface area contributed by atoms with Gasteiger partial charge < -0.3 is 14.6 Å². The average molecular weight is 397 g/mol. The van der Waals surface area contributed by atoms with E-state index in [1.807, 2.05) is 6.92 Å². The molecule has 0 atom stereocenters. The topological polar surface area (TPSA) is 102 Å². The van der Waals surface area contributed by atoms with Crippen LogP contribution in [0, 0.1) is 5.82 Å². The fraction of sp³-hybridized carbons (Fsp3) is 0.278. The van der Waals surface area contributed by atoms with Gasteiger partial charge in [0.1, 0.15) is 10.7 Å². The smallest absolute Gasteiger partial charge is 0.335 e. The molecule has 0 aliphatic rings. The van der Waals surface area contributed by atoms with Crippen LogP contribution >= 0.6 is 0 Å². The van der Waals surface area contributed by atoms with Crippen molar-refractivity contribution in [3.63, 3.8) is 0 Å². The van der Waals surface area contributed by atoms with Crippen molar-refractivity contribution >= 4 is 16.0 Å². The van der Waals surface area contributed by atoms with Crippen LogP contribution in [0.15, 0.2) is 41.3 Å². The Morgan fingerprint density at radius 2 is 2.00 bits per heavy atom. The lowest BCUT2D eigenvalue weighted by atomic mass is 10.1. The van der Waals surface area contributed by atoms with Crippen molar-refractivity contribution in [1.29, 1.82) is 0 Å². The van der Waals surface area contributed by atoms with Gasteiger partial charge in [0.15, 0.2) is 11.5 Å². The van der Waals surface area contributed by atoms with E-state index in [-0.39, 0.29) is 18.5 Å². The number of methoxy groups -OCH3 is 1. The second kappa shape index (κ2) is 8.83. The van der Waals surface area contributed by atoms with Gasteiger partial charge in [0.05, 0.1) is 19.3 Å². The van der Waals surface area contributed by atoms with Crippen LogP contribution in [-0.2, 0) is 16.4 Å². The zero-order valence-electron chi connectivity index (χ0n) is 14.9. The second-order valence-electron chi connectivity index (χ2n) is 5.48. The van der Waals surface area contributed by atoms with E-state index in [4.69, 9.17) is 14.6 Å². The Hall–Kier alpha value is -2.65. The lowest BCUT2D eigenvalue weighted by Crippen LogP contribution is -2.27. The third kappa shape index (κ3) is 4.95. The molecule has 9 heteroatoms. The summed E-state index contributed by atoms with van der Waals surface area (Å²) in [6, 6.07) is 7.85. The van der Waals surface area contributed by atoms with Crippen molar-refractivity contribution in [3.8, 4) is 11.5 Å². The molecule has 0 radical (unpaired) electrons. The summed E-state index contributed by atoms with van der Waals surface area (Å²) >= 11 is 0. The van der Waals surface area contributed by atoms with Crippen LogP contribution in [-0.4, -0.2) is 39.8 Å². The van der Waals surface area contributed by atoms with Gasteiger partial charge in [-0.1, -0.05) is 12.1 Å². The molecular formula is C18H20FNO6S. The molecule has 0 aliphatic heterocycles. The number of nitrogens with one attached hydrogen (secondary N) is 1. The first-order valence-corrected chi connectivity index (χ1v) is 9.59. The first-order valence-electron chi connectivity index (χ1n) is 8.11. The van der Waals surface area contributed by atoms with Crippen LogP contribution in [0.25, 0.3) is 0 Å². The number of aromatic carboxylic acids is 1. The van der Waals surface area contributed by atoms with Crippen LogP contribution in [0.2, 0.25) is 0 Å². The Labute approximate surface area is 156 Å². The van der Waals surface area contributed by atoms with Crippen molar-refractivity contribution in [2.24, 2.45) is 0 Å². The highest BCUT2D eigenvalue weighted by Gasteiger charge is 2.21. The van der Waals surface area contributed by atoms with Crippen molar-refractivity contribution in [2.75, 3.05) is 20.3 Å². The third-order valence-electron chi connectivity index (χ3n) is 3.72. The van der Waals surface area contributed by atoms with E-state index in [0.29, 0.717) is 18.1 Å². The minimum Gasteiger partial charge on any atom is -0.493 e. The van der Waals surface area contributed by atoms with Crippen molar-refractivity contribution in [3.05, 3.63) is 53.3 Å². The summed E-state index contributed by atoms with van der Waals surface area (Å²) in [7, 11) is -2.72. The van der Waals surface area contributed by atoms with Crippen molar-refractivity contribution in [2.45, 2.75) is 18.2 Å². The molecule has 0 aliphatic carbocycles. The number of ether oxygens (including phenoxy) is 2. The third-order valence-corrected chi connectivity index (χ3v) is 5.20. The molecular weight excluding hydrogens is 377 g/mol. The van der Waals surface area contributed by atoms with Crippen molar-refractivity contribution < 1.29 is 32.2 Å². The Bertz CT molecular complexity index is 929. The molecule has 0 heterocycles. The molecule has 2 rings (SSSR count). The van der Waals surface area contributed by atoms with Gasteiger partial charge in [0, 0.05) is 6.54 Å². The summed E-state index contributed by atoms with van der Waals surface area (Å²) in [5, 5.41) is 8.96. The predicted molar refractivity (Wildman–Crippen MR) is 96.4 cm³/mol. The predicted octanol–water partition coefficient (Wildman–Crippen LogP) is 2.45. The van der Waals surface area contributed by atoms with Crippen molar-refractivity contribution in [1.82, 2.24) is 4.72 Å². The molecule has 0 saturated heterocycles. The van der Waals surface area contributed by atoms with E-state index in [1.54, 1.807) is 18.2 Å². The molecule has 2 aromatic rings. The standard InChI is InChI=1S/C18H20FNO6S/c1-3-26-17-12(5-4-6-15(17)25-2)9-10-20-27(23,24)16-11-13(18(21)22)7-8-14(16)19/h4-8,11,20H,3,9-10H2,1-2H3,(H,21,22). The van der Waals surface area contributed by atoms with Crippen LogP contribution in [0.4, 0.5) is 4.39 Å². The first-order chi connectivity index (χ1) is 12.8. The number of hydrogen-bond donors (Lipinski definition) is 2. The monoisotopic (exact) mass is 397 g/mol. The number of rotatable bonds is 9. The van der Waals surface area contributed by atoms with E-state index in [0.717, 1.165) is 23.8 Å². The summed E-state index contributed by atoms with van der Waals surface area (Å²) in [4.78, 5) is 10.3. The van der Waals surface area contributed by atoms with Crippen LogP contribution in [0.5, 0.6) is 11.5 Å². The highest BCUT2D eigenvalue weighted by molar-refractivity contribution is 7.89. The van der Waals surface area contributed by atoms with E-state index < -0.39 is 26.7 Å². The number of hydrogen-bond acceptors (Lipinski definition) is 5. The van der Waals surface area contributed by atoms with Gasteiger partial charge >= 0.3 is 5.97 Å². The summed E-state index contributed by atoms with van der Waals surface area (Å²) in [6.45, 7) is 2.19. The maximum Gasteiger partial charge on any atom is 0.335 e. The molecule has 0 spiro atoms. The summed E-state index contributed by atoms with van der Waals surface area (Å²) in [5.41, 5.74) is 0.405. The number of benzene rings is 2. The van der Waals surface area contributed by atoms with Crippen LogP contribution < -0.4 is 14.2 Å². The molecule has 27 heavy (non-hydrogen) atoms. The number of carbonyl (C=O) groups is 1. The van der Waals surface area contributed by atoms with E-state index in [1.165, 1.54) is 7.11 Å². The fourth-order valence-corrected chi connectivity index (χ4v) is 3.60. The van der Waals surface area contributed by atoms with Gasteiger partial charge in [-0.2, -0.15) is 0 Å². The molecule has 7 nitrogen and oxygen atoms in total. The lowest BCUT2D eigenvalue weighted by molar-refractivity contribution is 0.0696. The number of carboxylic acids is 1. The summed E-state index contributed by atoms with van der Waals surface area (Å²) in [5.74, 6) is -1.33. The van der Waals surface area contributed by atoms with Crippen LogP contribution in [0.3, 0.4) is 0 Å². The van der Waals surface area contributed by atoms with E-state index in [2.05, 4.69) is 4.72 Å². The van der Waals surface area contributed by atoms with Gasteiger partial charge in [-0.25, -0.2) is 22.3 Å². The first kappa shape index (κ1) is 20.7. The zero-order valence-corrected chi connectivity index (χ0v) is 15.7. The highest BCUT2D eigenvalue weighted by Crippen LogP contribution is 2.31. The SMILES string of the molecule is CCOc1c(CCNS(=O)(=O)c2cc(C(=O)O)ccc2F)cccc1OC. The quantitative estimate of drug-likeness (QED) is 0.674. The molecule has 0 amide bonds. The maximum absolute atomic E-state index is 13.9. The highest BCUT2D eigenvalue weighted by atomic mass is 32.2. The molecule has 0 aromatic heterocycles. The minimum atomic E-state index is -4.22. The summed E-state index contributed by atoms with van der Waals surface area (Å²) < 4.78 is 51.7. The number of sulfonamides is 1. The zero-order chi connectivity index (χ0) is 20.0. The van der Waals surface area contributed by atoms with Gasteiger partial charge in [0.2, 0.25) is 10.0 Å². The van der Waals surface area contributed by atoms with Gasteiger partial charge in [-0.05, 0) is 43.2 Å². The largest absolute Gasteiger partial charge is 0.493 e. The second-order valence-corrected chi connectivity index (χ2v) is 7.22. The Kier molecular flexibility index (Phi) is 6.75. The maximum atomic E-state index is 13.9. The van der Waals surface area contributed by atoms with E-state index in [9.17, 15) is 17.6 Å². The lowest BCUT2D eigenvalue weighted by Gasteiger charge is -2.14. The molecule has 2 N–H and O–H groups in total. The Morgan fingerprint density at radius 3 is 2.63 bits per heavy atom. The number of para-hydroxylation sites is 1. The Balaban J connectivity index is 2.18. The molecule has 0 fully saturated rings. The summed E-state index contributed by atoms with van der Waals surface area (Å²) in [6.07, 6.45) is 0.270. The normalized spacial score (nSPS) is 11.2. The van der Waals surface area contributed by atoms with Gasteiger partial charge in [0.25, 0.3) is 0 Å². The minimum absolute atomic E-state index is 0.0354. The van der Waals surface area contributed by atoms with Gasteiger partial charge in [-0.3, -0.25) is 0 Å². The van der Waals surface area contributed by atoms with Gasteiger partial charge in [-0.15, -0.1) is 0 Å². The number of halogens is 1. The average Bonchev–Trinajstić information content (AvgIpc) is 2.63.